The SMILES string of the molecule is O=C(Nc1nc2ccc(Sc3nnc4ccc(Oc5ccc(F)cc5)nn34)cc2s1)C1CC1. The third-order valence-electron chi connectivity index (χ3n) is 4.99. The van der Waals surface area contributed by atoms with E-state index in [0.29, 0.717) is 27.6 Å². The summed E-state index contributed by atoms with van der Waals surface area (Å²) < 4.78 is 21.4. The van der Waals surface area contributed by atoms with E-state index in [1.54, 1.807) is 16.6 Å². The molecule has 1 N–H and O–H groups in total. The summed E-state index contributed by atoms with van der Waals surface area (Å²) in [6.45, 7) is 0. The average molecular weight is 479 g/mol. The second-order valence-corrected chi connectivity index (χ2v) is 9.57. The first-order chi connectivity index (χ1) is 16.1. The van der Waals surface area contributed by atoms with Gasteiger partial charge in [0.1, 0.15) is 11.6 Å². The Labute approximate surface area is 194 Å². The monoisotopic (exact) mass is 478 g/mol. The predicted octanol–water partition coefficient (Wildman–Crippen LogP) is 5.17. The zero-order valence-corrected chi connectivity index (χ0v) is 18.6. The van der Waals surface area contributed by atoms with Crippen LogP contribution in [0.4, 0.5) is 9.52 Å². The Morgan fingerprint density at radius 2 is 1.97 bits per heavy atom. The molecule has 0 radical (unpaired) electrons. The van der Waals surface area contributed by atoms with Crippen LogP contribution < -0.4 is 10.1 Å². The van der Waals surface area contributed by atoms with Gasteiger partial charge >= 0.3 is 0 Å². The van der Waals surface area contributed by atoms with Gasteiger partial charge in [-0.2, -0.15) is 4.52 Å². The summed E-state index contributed by atoms with van der Waals surface area (Å²) in [4.78, 5) is 17.4. The van der Waals surface area contributed by atoms with Gasteiger partial charge in [0.15, 0.2) is 10.8 Å². The first-order valence-corrected chi connectivity index (χ1v) is 11.8. The molecule has 3 heterocycles. The Bertz CT molecular complexity index is 1500. The van der Waals surface area contributed by atoms with Gasteiger partial charge in [-0.15, -0.1) is 15.3 Å². The van der Waals surface area contributed by atoms with Crippen LogP contribution in [0.25, 0.3) is 15.9 Å². The molecule has 0 aliphatic heterocycles. The lowest BCUT2D eigenvalue weighted by Crippen LogP contribution is -2.12. The minimum absolute atomic E-state index is 0.0447. The van der Waals surface area contributed by atoms with E-state index in [2.05, 4.69) is 25.6 Å². The highest BCUT2D eigenvalue weighted by atomic mass is 32.2. The molecule has 0 atom stereocenters. The van der Waals surface area contributed by atoms with Crippen LogP contribution in [-0.2, 0) is 4.79 Å². The molecule has 0 saturated heterocycles. The predicted molar refractivity (Wildman–Crippen MR) is 122 cm³/mol. The Hall–Kier alpha value is -3.57. The fourth-order valence-corrected chi connectivity index (χ4v) is 4.98. The molecule has 3 aromatic heterocycles. The van der Waals surface area contributed by atoms with Crippen molar-refractivity contribution < 1.29 is 13.9 Å². The van der Waals surface area contributed by atoms with Crippen molar-refractivity contribution in [3.8, 4) is 11.6 Å². The number of fused-ring (bicyclic) bond motifs is 2. The number of hydrogen-bond acceptors (Lipinski definition) is 8. The second kappa shape index (κ2) is 8.09. The largest absolute Gasteiger partial charge is 0.438 e. The summed E-state index contributed by atoms with van der Waals surface area (Å²) in [5.74, 6) is 0.658. The first kappa shape index (κ1) is 20.1. The molecule has 2 aromatic carbocycles. The summed E-state index contributed by atoms with van der Waals surface area (Å²) in [5.41, 5.74) is 1.41. The Balaban J connectivity index is 1.24. The summed E-state index contributed by atoms with van der Waals surface area (Å²) in [6.07, 6.45) is 1.91. The molecule has 1 aliphatic carbocycles. The standard InChI is InChI=1S/C22H15FN6O2S2/c23-13-3-5-14(6-4-13)31-19-10-9-18-26-27-22(29(18)28-19)32-15-7-8-16-17(11-15)33-21(24-16)25-20(30)12-1-2-12/h3-12H,1-2H2,(H,24,25,30). The van der Waals surface area contributed by atoms with Crippen molar-refractivity contribution in [1.82, 2.24) is 24.8 Å². The van der Waals surface area contributed by atoms with E-state index in [0.717, 1.165) is 28.0 Å². The number of aromatic nitrogens is 5. The van der Waals surface area contributed by atoms with Crippen molar-refractivity contribution in [3.05, 3.63) is 60.4 Å². The molecule has 8 nitrogen and oxygen atoms in total. The highest BCUT2D eigenvalue weighted by molar-refractivity contribution is 7.99. The summed E-state index contributed by atoms with van der Waals surface area (Å²) in [7, 11) is 0. The number of ether oxygens (including phenoxy) is 1. The van der Waals surface area contributed by atoms with Crippen LogP contribution in [0.5, 0.6) is 11.6 Å². The lowest BCUT2D eigenvalue weighted by atomic mass is 10.3. The second-order valence-electron chi connectivity index (χ2n) is 7.49. The lowest BCUT2D eigenvalue weighted by molar-refractivity contribution is -0.117. The number of hydrogen-bond donors (Lipinski definition) is 1. The summed E-state index contributed by atoms with van der Waals surface area (Å²) >= 11 is 2.85. The maximum atomic E-state index is 13.1. The lowest BCUT2D eigenvalue weighted by Gasteiger charge is -2.05. The minimum atomic E-state index is -0.335. The molecule has 1 saturated carbocycles. The number of thiazole rings is 1. The molecule has 33 heavy (non-hydrogen) atoms. The van der Waals surface area contributed by atoms with Crippen molar-refractivity contribution in [1.29, 1.82) is 0 Å². The van der Waals surface area contributed by atoms with E-state index in [-0.39, 0.29) is 17.6 Å². The molecule has 0 bridgehead atoms. The number of amides is 1. The van der Waals surface area contributed by atoms with Crippen molar-refractivity contribution in [2.24, 2.45) is 5.92 Å². The van der Waals surface area contributed by atoms with Crippen LogP contribution in [0.15, 0.2) is 64.6 Å². The number of nitrogens with one attached hydrogen (secondary N) is 1. The fourth-order valence-electron chi connectivity index (χ4n) is 3.17. The van der Waals surface area contributed by atoms with E-state index in [1.807, 2.05) is 18.2 Å². The van der Waals surface area contributed by atoms with Gasteiger partial charge < -0.3 is 10.1 Å². The number of carbonyl (C=O) groups is 1. The Morgan fingerprint density at radius 3 is 2.79 bits per heavy atom. The number of halogens is 1. The van der Waals surface area contributed by atoms with Crippen molar-refractivity contribution in [2.75, 3.05) is 5.32 Å². The maximum Gasteiger partial charge on any atom is 0.237 e. The normalized spacial score (nSPS) is 13.5. The summed E-state index contributed by atoms with van der Waals surface area (Å²) in [6, 6.07) is 15.0. The highest BCUT2D eigenvalue weighted by Crippen LogP contribution is 2.35. The van der Waals surface area contributed by atoms with Crippen LogP contribution in [0, 0.1) is 11.7 Å². The topological polar surface area (TPSA) is 94.3 Å². The van der Waals surface area contributed by atoms with Gasteiger partial charge in [-0.1, -0.05) is 11.3 Å². The smallest absolute Gasteiger partial charge is 0.237 e. The highest BCUT2D eigenvalue weighted by Gasteiger charge is 2.30. The number of carbonyl (C=O) groups excluding carboxylic acids is 1. The molecular formula is C22H15FN6O2S2. The molecule has 1 amide bonds. The number of rotatable bonds is 6. The minimum Gasteiger partial charge on any atom is -0.438 e. The Morgan fingerprint density at radius 1 is 1.12 bits per heavy atom. The van der Waals surface area contributed by atoms with Crippen molar-refractivity contribution >= 4 is 50.0 Å². The van der Waals surface area contributed by atoms with Crippen LogP contribution in [0.3, 0.4) is 0 Å². The average Bonchev–Trinajstić information content (AvgIpc) is 3.49. The third kappa shape index (κ3) is 4.24. The van der Waals surface area contributed by atoms with Crippen LogP contribution >= 0.6 is 23.1 Å². The Kier molecular flexibility index (Phi) is 4.92. The maximum absolute atomic E-state index is 13.1. The molecule has 0 unspecified atom stereocenters. The van der Waals surface area contributed by atoms with Gasteiger partial charge in [0.2, 0.25) is 16.9 Å². The molecule has 164 valence electrons. The quantitative estimate of drug-likeness (QED) is 0.360. The van der Waals surface area contributed by atoms with Crippen LogP contribution in [0.2, 0.25) is 0 Å². The van der Waals surface area contributed by atoms with Gasteiger partial charge in [0, 0.05) is 16.9 Å². The number of nitrogens with zero attached hydrogens (tertiary/aromatic N) is 5. The van der Waals surface area contributed by atoms with Gasteiger partial charge in [-0.05, 0) is 73.1 Å². The molecule has 0 spiro atoms. The molecule has 6 rings (SSSR count). The zero-order chi connectivity index (χ0) is 22.4. The van der Waals surface area contributed by atoms with E-state index < -0.39 is 0 Å². The number of anilines is 1. The summed E-state index contributed by atoms with van der Waals surface area (Å²) in [5, 5.41) is 17.0. The first-order valence-electron chi connectivity index (χ1n) is 10.2. The molecule has 1 aliphatic rings. The van der Waals surface area contributed by atoms with Gasteiger partial charge in [-0.3, -0.25) is 4.79 Å². The number of benzene rings is 2. The molecule has 11 heteroatoms. The van der Waals surface area contributed by atoms with Crippen LogP contribution in [-0.4, -0.2) is 30.7 Å². The van der Waals surface area contributed by atoms with E-state index in [1.165, 1.54) is 47.4 Å². The molecular weight excluding hydrogens is 463 g/mol. The van der Waals surface area contributed by atoms with E-state index in [9.17, 15) is 9.18 Å². The molecule has 1 fully saturated rings. The van der Waals surface area contributed by atoms with Gasteiger partial charge in [0.05, 0.1) is 10.2 Å². The third-order valence-corrected chi connectivity index (χ3v) is 6.85. The van der Waals surface area contributed by atoms with E-state index in [4.69, 9.17) is 4.74 Å². The molecule has 5 aromatic rings. The van der Waals surface area contributed by atoms with Gasteiger partial charge in [-0.25, -0.2) is 9.37 Å². The van der Waals surface area contributed by atoms with Crippen molar-refractivity contribution in [3.63, 3.8) is 0 Å². The van der Waals surface area contributed by atoms with Crippen molar-refractivity contribution in [2.45, 2.75) is 22.9 Å². The zero-order valence-electron chi connectivity index (χ0n) is 16.9. The van der Waals surface area contributed by atoms with E-state index >= 15 is 0 Å². The van der Waals surface area contributed by atoms with Crippen LogP contribution in [0.1, 0.15) is 12.8 Å². The fraction of sp³-hybridized carbons (Fsp3) is 0.136. The van der Waals surface area contributed by atoms with Gasteiger partial charge in [0.25, 0.3) is 0 Å².